The van der Waals surface area contributed by atoms with E-state index in [1.807, 2.05) is 0 Å². The van der Waals surface area contributed by atoms with Gasteiger partial charge in [-0.1, -0.05) is 0 Å². The van der Waals surface area contributed by atoms with Crippen molar-refractivity contribution in [2.45, 2.75) is 12.5 Å². The van der Waals surface area contributed by atoms with Gasteiger partial charge in [-0.05, 0) is 18.4 Å². The lowest BCUT2D eigenvalue weighted by Gasteiger charge is -2.14. The Hall–Kier alpha value is -1.48. The summed E-state index contributed by atoms with van der Waals surface area (Å²) in [5, 5.41) is 17.0. The van der Waals surface area contributed by atoms with Crippen LogP contribution in [-0.2, 0) is 9.59 Å². The summed E-state index contributed by atoms with van der Waals surface area (Å²) in [4.78, 5) is 22.0. The second kappa shape index (κ2) is 7.74. The van der Waals surface area contributed by atoms with Crippen LogP contribution >= 0.6 is 11.9 Å². The monoisotopic (exact) mass is 264 g/mol. The van der Waals surface area contributed by atoms with E-state index in [1.165, 1.54) is 11.9 Å². The first-order chi connectivity index (χ1) is 7.84. The molecule has 0 aromatic heterocycles. The normalized spacial score (nSPS) is 13.2. The summed E-state index contributed by atoms with van der Waals surface area (Å²) in [5.41, 5.74) is 10.8. The number of aliphatic carboxylic acids is 2. The Bertz CT molecular complexity index is 310. The molecule has 6 N–H and O–H groups in total. The van der Waals surface area contributed by atoms with E-state index in [4.69, 9.17) is 21.7 Å². The molecule has 9 heteroatoms. The lowest BCUT2D eigenvalue weighted by Crippen LogP contribution is -2.37. The molecular formula is C8H16N4O4S. The van der Waals surface area contributed by atoms with Gasteiger partial charge in [0.1, 0.15) is 12.6 Å². The van der Waals surface area contributed by atoms with Crippen LogP contribution in [0.3, 0.4) is 0 Å². The van der Waals surface area contributed by atoms with Gasteiger partial charge in [0.05, 0.1) is 0 Å². The van der Waals surface area contributed by atoms with Crippen LogP contribution in [-0.4, -0.2) is 58.4 Å². The summed E-state index contributed by atoms with van der Waals surface area (Å²) >= 11 is 1.05. The van der Waals surface area contributed by atoms with Crippen molar-refractivity contribution in [3.05, 3.63) is 0 Å². The van der Waals surface area contributed by atoms with Crippen LogP contribution in [0.5, 0.6) is 0 Å². The van der Waals surface area contributed by atoms with Gasteiger partial charge in [0.15, 0.2) is 0 Å². The van der Waals surface area contributed by atoms with E-state index in [2.05, 4.69) is 4.40 Å². The highest BCUT2D eigenvalue weighted by molar-refractivity contribution is 7.98. The van der Waals surface area contributed by atoms with Gasteiger partial charge < -0.3 is 26.6 Å². The smallest absolute Gasteiger partial charge is 0.323 e. The van der Waals surface area contributed by atoms with Gasteiger partial charge in [-0.25, -0.2) is 0 Å². The summed E-state index contributed by atoms with van der Waals surface area (Å²) in [6, 6.07) is -0.921. The topological polar surface area (TPSA) is 142 Å². The van der Waals surface area contributed by atoms with Crippen LogP contribution in [0, 0.1) is 0 Å². The Kier molecular flexibility index (Phi) is 7.06. The first-order valence-corrected chi connectivity index (χ1v) is 5.65. The Labute approximate surface area is 103 Å². The largest absolute Gasteiger partial charge is 0.480 e. The number of nitrogens with two attached hydrogens (primary N) is 2. The molecule has 0 rings (SSSR count). The Morgan fingerprint density at radius 3 is 2.53 bits per heavy atom. The van der Waals surface area contributed by atoms with Gasteiger partial charge in [-0.3, -0.25) is 9.59 Å². The molecule has 1 atom stereocenters. The van der Waals surface area contributed by atoms with Crippen molar-refractivity contribution in [1.29, 1.82) is 0 Å². The average Bonchev–Trinajstić information content (AvgIpc) is 2.22. The number of carbonyl (C=O) groups is 2. The number of likely N-dealkylation sites (N-methyl/N-ethyl adjacent to an activating group) is 1. The summed E-state index contributed by atoms with van der Waals surface area (Å²) in [7, 11) is 1.50. The molecule has 1 unspecified atom stereocenters. The summed E-state index contributed by atoms with van der Waals surface area (Å²) < 4.78 is 3.83. The number of hydrogen-bond donors (Lipinski definition) is 4. The van der Waals surface area contributed by atoms with E-state index in [-0.39, 0.29) is 18.9 Å². The molecule has 0 aliphatic heterocycles. The lowest BCUT2D eigenvalue weighted by atomic mass is 10.2. The maximum Gasteiger partial charge on any atom is 0.323 e. The molecule has 0 aliphatic rings. The van der Waals surface area contributed by atoms with Crippen LogP contribution in [0.2, 0.25) is 0 Å². The molecule has 0 radical (unpaired) electrons. The third-order valence-electron chi connectivity index (χ3n) is 1.76. The van der Waals surface area contributed by atoms with E-state index in [1.54, 1.807) is 0 Å². The highest BCUT2D eigenvalue weighted by Gasteiger charge is 2.11. The Morgan fingerprint density at radius 1 is 1.47 bits per heavy atom. The molecule has 0 saturated carbocycles. The third kappa shape index (κ3) is 7.41. The van der Waals surface area contributed by atoms with Gasteiger partial charge in [0, 0.05) is 12.8 Å². The minimum Gasteiger partial charge on any atom is -0.480 e. The first kappa shape index (κ1) is 15.5. The van der Waals surface area contributed by atoms with E-state index in [9.17, 15) is 9.59 Å². The van der Waals surface area contributed by atoms with Crippen molar-refractivity contribution in [2.24, 2.45) is 15.9 Å². The van der Waals surface area contributed by atoms with Crippen LogP contribution in [0.25, 0.3) is 0 Å². The molecule has 0 bridgehead atoms. The van der Waals surface area contributed by atoms with Gasteiger partial charge in [-0.15, -0.1) is 0 Å². The maximum absolute atomic E-state index is 10.4. The van der Waals surface area contributed by atoms with Crippen LogP contribution in [0.4, 0.5) is 0 Å². The van der Waals surface area contributed by atoms with Crippen molar-refractivity contribution in [2.75, 3.05) is 19.3 Å². The number of carboxylic acids is 2. The zero-order valence-electron chi connectivity index (χ0n) is 9.37. The number of rotatable bonds is 7. The third-order valence-corrected chi connectivity index (χ3v) is 2.49. The molecule has 98 valence electrons. The highest BCUT2D eigenvalue weighted by Crippen LogP contribution is 2.06. The zero-order chi connectivity index (χ0) is 13.4. The molecule has 0 aromatic rings. The van der Waals surface area contributed by atoms with E-state index in [0.29, 0.717) is 5.75 Å². The lowest BCUT2D eigenvalue weighted by molar-refractivity contribution is -0.139. The molecule has 0 saturated heterocycles. The number of carboxylic acid groups (broad SMARTS) is 2. The van der Waals surface area contributed by atoms with Crippen LogP contribution in [0.15, 0.2) is 4.40 Å². The average molecular weight is 264 g/mol. The summed E-state index contributed by atoms with van der Waals surface area (Å²) in [6.45, 7) is -0.246. The molecule has 0 aliphatic carbocycles. The molecule has 0 fully saturated rings. The standard InChI is InChI=1S/C8H16N4O4S/c1-12(4-6(13)14)8(10)11-17-3-2-5(9)7(15)16/h5H,2-4,9H2,1H3,(H2,10,11)(H,13,14)(H,15,16). The fourth-order valence-electron chi connectivity index (χ4n) is 0.769. The molecule has 8 nitrogen and oxygen atoms in total. The van der Waals surface area contributed by atoms with Crippen molar-refractivity contribution in [3.63, 3.8) is 0 Å². The second-order valence-corrected chi connectivity index (χ2v) is 4.11. The fourth-order valence-corrected chi connectivity index (χ4v) is 1.49. The number of hydrogen-bond acceptors (Lipinski definition) is 5. The summed E-state index contributed by atoms with van der Waals surface area (Å²) in [5.74, 6) is -1.61. The van der Waals surface area contributed by atoms with E-state index >= 15 is 0 Å². The van der Waals surface area contributed by atoms with E-state index in [0.717, 1.165) is 11.9 Å². The predicted octanol–water partition coefficient (Wildman–Crippen LogP) is -1.23. The van der Waals surface area contributed by atoms with Gasteiger partial charge in [0.25, 0.3) is 0 Å². The molecule has 0 aromatic carbocycles. The minimum absolute atomic E-state index is 0.0706. The summed E-state index contributed by atoms with van der Waals surface area (Å²) in [6.07, 6.45) is 0.263. The molecule has 0 amide bonds. The van der Waals surface area contributed by atoms with Crippen molar-refractivity contribution in [3.8, 4) is 0 Å². The quantitative estimate of drug-likeness (QED) is 0.194. The van der Waals surface area contributed by atoms with Crippen LogP contribution in [0.1, 0.15) is 6.42 Å². The predicted molar refractivity (Wildman–Crippen MR) is 64.6 cm³/mol. The van der Waals surface area contributed by atoms with Crippen LogP contribution < -0.4 is 11.5 Å². The SMILES string of the molecule is CN(CC(=O)O)C(N)=NSCCC(N)C(=O)O. The van der Waals surface area contributed by atoms with Crippen molar-refractivity contribution in [1.82, 2.24) is 4.90 Å². The Morgan fingerprint density at radius 2 is 2.06 bits per heavy atom. The first-order valence-electron chi connectivity index (χ1n) is 4.71. The highest BCUT2D eigenvalue weighted by atomic mass is 32.2. The number of guanidine groups is 1. The van der Waals surface area contributed by atoms with Gasteiger partial charge >= 0.3 is 11.9 Å². The van der Waals surface area contributed by atoms with E-state index < -0.39 is 18.0 Å². The van der Waals surface area contributed by atoms with Gasteiger partial charge in [-0.2, -0.15) is 4.40 Å². The second-order valence-electron chi connectivity index (χ2n) is 3.27. The Balaban J connectivity index is 3.91. The molecular weight excluding hydrogens is 248 g/mol. The molecule has 0 heterocycles. The zero-order valence-corrected chi connectivity index (χ0v) is 10.2. The minimum atomic E-state index is -1.06. The molecule has 17 heavy (non-hydrogen) atoms. The van der Waals surface area contributed by atoms with Crippen molar-refractivity contribution >= 4 is 29.8 Å². The maximum atomic E-state index is 10.4. The number of nitrogens with zero attached hydrogens (tertiary/aromatic N) is 2. The van der Waals surface area contributed by atoms with Gasteiger partial charge in [0.2, 0.25) is 5.96 Å². The fraction of sp³-hybridized carbons (Fsp3) is 0.625. The van der Waals surface area contributed by atoms with Crippen molar-refractivity contribution < 1.29 is 19.8 Å². The molecule has 0 spiro atoms.